The van der Waals surface area contributed by atoms with Crippen molar-refractivity contribution in [2.45, 2.75) is 44.6 Å². The number of aromatic nitrogens is 1. The van der Waals surface area contributed by atoms with E-state index in [0.29, 0.717) is 24.4 Å². The SMILES string of the molecule is COC(=O)c1cc(CNCC2CCC2)c2c(n1)C(F)(F)CC2. The molecule has 4 nitrogen and oxygen atoms in total. The highest BCUT2D eigenvalue weighted by atomic mass is 19.3. The number of methoxy groups -OCH3 is 1. The molecule has 1 aromatic rings. The van der Waals surface area contributed by atoms with E-state index in [1.165, 1.54) is 26.4 Å². The van der Waals surface area contributed by atoms with Crippen molar-refractivity contribution in [2.75, 3.05) is 13.7 Å². The molecular formula is C16H20F2N2O2. The van der Waals surface area contributed by atoms with Gasteiger partial charge in [0.15, 0.2) is 0 Å². The molecule has 2 aliphatic carbocycles. The number of fused-ring (bicyclic) bond motifs is 1. The first-order valence-electron chi connectivity index (χ1n) is 7.71. The van der Waals surface area contributed by atoms with Gasteiger partial charge in [-0.25, -0.2) is 9.78 Å². The second-order valence-corrected chi connectivity index (χ2v) is 6.12. The molecule has 120 valence electrons. The van der Waals surface area contributed by atoms with Gasteiger partial charge in [0.2, 0.25) is 0 Å². The maximum absolute atomic E-state index is 13.9. The van der Waals surface area contributed by atoms with Gasteiger partial charge in [0, 0.05) is 13.0 Å². The Kier molecular flexibility index (Phi) is 4.12. The van der Waals surface area contributed by atoms with Crippen LogP contribution in [0, 0.1) is 5.92 Å². The highest BCUT2D eigenvalue weighted by Gasteiger charge is 2.42. The van der Waals surface area contributed by atoms with E-state index in [2.05, 4.69) is 15.0 Å². The zero-order valence-corrected chi connectivity index (χ0v) is 12.6. The second-order valence-electron chi connectivity index (χ2n) is 6.12. The van der Waals surface area contributed by atoms with Gasteiger partial charge < -0.3 is 10.1 Å². The first-order valence-corrected chi connectivity index (χ1v) is 7.71. The molecular weight excluding hydrogens is 290 g/mol. The first kappa shape index (κ1) is 15.3. The molecule has 1 N–H and O–H groups in total. The number of hydrogen-bond acceptors (Lipinski definition) is 4. The average Bonchev–Trinajstić information content (AvgIpc) is 2.76. The van der Waals surface area contributed by atoms with E-state index >= 15 is 0 Å². The Morgan fingerprint density at radius 1 is 1.50 bits per heavy atom. The number of alkyl halides is 2. The predicted molar refractivity (Wildman–Crippen MR) is 76.8 cm³/mol. The molecule has 0 atom stereocenters. The molecule has 0 aromatic carbocycles. The summed E-state index contributed by atoms with van der Waals surface area (Å²) < 4.78 is 32.5. The van der Waals surface area contributed by atoms with Crippen molar-refractivity contribution in [3.8, 4) is 0 Å². The van der Waals surface area contributed by atoms with Crippen molar-refractivity contribution in [1.82, 2.24) is 10.3 Å². The third-order valence-corrected chi connectivity index (χ3v) is 4.62. The quantitative estimate of drug-likeness (QED) is 0.850. The van der Waals surface area contributed by atoms with Crippen molar-refractivity contribution in [2.24, 2.45) is 5.92 Å². The van der Waals surface area contributed by atoms with Crippen molar-refractivity contribution >= 4 is 5.97 Å². The van der Waals surface area contributed by atoms with Crippen LogP contribution >= 0.6 is 0 Å². The fourth-order valence-corrected chi connectivity index (χ4v) is 3.08. The van der Waals surface area contributed by atoms with Crippen LogP contribution in [0.3, 0.4) is 0 Å². The maximum atomic E-state index is 13.9. The van der Waals surface area contributed by atoms with Gasteiger partial charge >= 0.3 is 5.97 Å². The van der Waals surface area contributed by atoms with E-state index in [9.17, 15) is 13.6 Å². The third kappa shape index (κ3) is 2.84. The Labute approximate surface area is 128 Å². The number of nitrogens with one attached hydrogen (secondary N) is 1. The highest BCUT2D eigenvalue weighted by molar-refractivity contribution is 5.87. The maximum Gasteiger partial charge on any atom is 0.356 e. The molecule has 6 heteroatoms. The summed E-state index contributed by atoms with van der Waals surface area (Å²) in [6.45, 7) is 1.38. The zero-order chi connectivity index (χ0) is 15.7. The number of nitrogens with zero attached hydrogens (tertiary/aromatic N) is 1. The Bertz CT molecular complexity index is 586. The van der Waals surface area contributed by atoms with Gasteiger partial charge in [-0.2, -0.15) is 8.78 Å². The second kappa shape index (κ2) is 5.91. The fourth-order valence-electron chi connectivity index (χ4n) is 3.08. The molecule has 1 fully saturated rings. The summed E-state index contributed by atoms with van der Waals surface area (Å²) in [5.74, 6) is -2.94. The summed E-state index contributed by atoms with van der Waals surface area (Å²) in [6.07, 6.45) is 3.79. The normalized spacial score (nSPS) is 19.6. The lowest BCUT2D eigenvalue weighted by Gasteiger charge is -2.25. The molecule has 1 aromatic heterocycles. The van der Waals surface area contributed by atoms with Crippen LogP contribution in [-0.2, 0) is 23.6 Å². The summed E-state index contributed by atoms with van der Waals surface area (Å²) in [6, 6.07) is 1.58. The van der Waals surface area contributed by atoms with E-state index in [1.54, 1.807) is 6.07 Å². The summed E-state index contributed by atoms with van der Waals surface area (Å²) >= 11 is 0. The largest absolute Gasteiger partial charge is 0.464 e. The molecule has 0 radical (unpaired) electrons. The fraction of sp³-hybridized carbons (Fsp3) is 0.625. The summed E-state index contributed by atoms with van der Waals surface area (Å²) in [7, 11) is 1.23. The molecule has 0 unspecified atom stereocenters. The minimum Gasteiger partial charge on any atom is -0.464 e. The van der Waals surface area contributed by atoms with Crippen molar-refractivity contribution in [1.29, 1.82) is 0 Å². The third-order valence-electron chi connectivity index (χ3n) is 4.62. The minimum atomic E-state index is -2.96. The molecule has 1 saturated carbocycles. The lowest BCUT2D eigenvalue weighted by Crippen LogP contribution is -2.27. The van der Waals surface area contributed by atoms with Crippen LogP contribution in [0.15, 0.2) is 6.07 Å². The molecule has 3 rings (SSSR count). The Morgan fingerprint density at radius 3 is 2.91 bits per heavy atom. The van der Waals surface area contributed by atoms with E-state index in [1.807, 2.05) is 0 Å². The molecule has 0 amide bonds. The van der Waals surface area contributed by atoms with Crippen LogP contribution < -0.4 is 5.32 Å². The monoisotopic (exact) mass is 310 g/mol. The molecule has 2 aliphatic rings. The number of halogens is 2. The van der Waals surface area contributed by atoms with Crippen molar-refractivity contribution in [3.05, 3.63) is 28.6 Å². The van der Waals surface area contributed by atoms with Crippen LogP contribution in [-0.4, -0.2) is 24.6 Å². The van der Waals surface area contributed by atoms with Gasteiger partial charge in [-0.15, -0.1) is 0 Å². The number of ether oxygens (including phenoxy) is 1. The standard InChI is InChI=1S/C16H20F2N2O2/c1-22-15(21)13-7-11(9-19-8-10-3-2-4-10)12-5-6-16(17,18)14(12)20-13/h7,10,19H,2-6,8-9H2,1H3. The Hall–Kier alpha value is -1.56. The summed E-state index contributed by atoms with van der Waals surface area (Å²) in [5.41, 5.74) is 1.03. The predicted octanol–water partition coefficient (Wildman–Crippen LogP) is 2.80. The molecule has 1 heterocycles. The highest BCUT2D eigenvalue weighted by Crippen LogP contribution is 2.42. The van der Waals surface area contributed by atoms with E-state index in [0.717, 1.165) is 12.1 Å². The number of rotatable bonds is 5. The van der Waals surface area contributed by atoms with E-state index in [-0.39, 0.29) is 17.8 Å². The van der Waals surface area contributed by atoms with Crippen LogP contribution in [0.4, 0.5) is 8.78 Å². The number of carbonyl (C=O) groups excluding carboxylic acids is 1. The van der Waals surface area contributed by atoms with Crippen LogP contribution in [0.5, 0.6) is 0 Å². The number of esters is 1. The first-order chi connectivity index (χ1) is 10.5. The number of pyridine rings is 1. The molecule has 0 aliphatic heterocycles. The van der Waals surface area contributed by atoms with Crippen molar-refractivity contribution < 1.29 is 18.3 Å². The molecule has 0 bridgehead atoms. The number of carbonyl (C=O) groups is 1. The number of hydrogen-bond donors (Lipinski definition) is 1. The topological polar surface area (TPSA) is 51.2 Å². The van der Waals surface area contributed by atoms with E-state index < -0.39 is 11.9 Å². The van der Waals surface area contributed by atoms with E-state index in [4.69, 9.17) is 0 Å². The van der Waals surface area contributed by atoms with Gasteiger partial charge in [-0.1, -0.05) is 6.42 Å². The summed E-state index contributed by atoms with van der Waals surface area (Å²) in [4.78, 5) is 15.5. The van der Waals surface area contributed by atoms with Gasteiger partial charge in [-0.3, -0.25) is 0 Å². The van der Waals surface area contributed by atoms with Crippen LogP contribution in [0.2, 0.25) is 0 Å². The summed E-state index contributed by atoms with van der Waals surface area (Å²) in [5, 5.41) is 3.32. The lowest BCUT2D eigenvalue weighted by molar-refractivity contribution is -0.00612. The smallest absolute Gasteiger partial charge is 0.356 e. The lowest BCUT2D eigenvalue weighted by atomic mass is 9.85. The minimum absolute atomic E-state index is 0.0386. The molecule has 0 spiro atoms. The Balaban J connectivity index is 1.83. The van der Waals surface area contributed by atoms with Gasteiger partial charge in [0.25, 0.3) is 5.92 Å². The Morgan fingerprint density at radius 2 is 2.27 bits per heavy atom. The van der Waals surface area contributed by atoms with Gasteiger partial charge in [-0.05, 0) is 48.9 Å². The van der Waals surface area contributed by atoms with Crippen molar-refractivity contribution in [3.63, 3.8) is 0 Å². The van der Waals surface area contributed by atoms with Gasteiger partial charge in [0.05, 0.1) is 7.11 Å². The van der Waals surface area contributed by atoms with Gasteiger partial charge in [0.1, 0.15) is 11.4 Å². The zero-order valence-electron chi connectivity index (χ0n) is 12.6. The molecule has 22 heavy (non-hydrogen) atoms. The van der Waals surface area contributed by atoms with Crippen LogP contribution in [0.1, 0.15) is 53.0 Å². The average molecular weight is 310 g/mol. The van der Waals surface area contributed by atoms with Crippen LogP contribution in [0.25, 0.3) is 0 Å². The molecule has 0 saturated heterocycles.